The zero-order valence-electron chi connectivity index (χ0n) is 14.4. The summed E-state index contributed by atoms with van der Waals surface area (Å²) < 4.78 is 26.4. The van der Waals surface area contributed by atoms with Crippen molar-refractivity contribution in [2.75, 3.05) is 14.2 Å². The summed E-state index contributed by atoms with van der Waals surface area (Å²) in [5, 5.41) is 0.407. The number of methoxy groups -OCH3 is 2. The van der Waals surface area contributed by atoms with Crippen molar-refractivity contribution in [3.8, 4) is 28.7 Å². The van der Waals surface area contributed by atoms with Gasteiger partial charge in [-0.05, 0) is 36.4 Å². The van der Waals surface area contributed by atoms with Gasteiger partial charge in [0.1, 0.15) is 22.8 Å². The largest absolute Gasteiger partial charge is 0.497 e. The Balaban J connectivity index is 2.14. The second kappa shape index (κ2) is 7.18. The summed E-state index contributed by atoms with van der Waals surface area (Å²) in [6.07, 6.45) is 0. The monoisotopic (exact) mass is 356 g/mol. The Bertz CT molecular complexity index is 1000. The topological polar surface area (TPSA) is 84.2 Å². The summed E-state index contributed by atoms with van der Waals surface area (Å²) in [5.41, 5.74) is -0.564. The lowest BCUT2D eigenvalue weighted by Crippen LogP contribution is -2.10. The molecule has 0 bridgehead atoms. The first-order valence-electron chi connectivity index (χ1n) is 7.67. The third-order valence-corrected chi connectivity index (χ3v) is 3.55. The minimum atomic E-state index is -0.780. The van der Waals surface area contributed by atoms with Gasteiger partial charge in [0.25, 0.3) is 5.75 Å². The highest BCUT2D eigenvalue weighted by atomic mass is 16.6. The zero-order valence-corrected chi connectivity index (χ0v) is 14.4. The molecule has 0 N–H and O–H groups in total. The van der Waals surface area contributed by atoms with E-state index in [0.29, 0.717) is 22.6 Å². The first kappa shape index (κ1) is 17.3. The lowest BCUT2D eigenvalue weighted by atomic mass is 10.2. The van der Waals surface area contributed by atoms with Crippen LogP contribution in [-0.2, 0) is 4.79 Å². The molecule has 134 valence electrons. The number of rotatable bonds is 5. The molecule has 0 aliphatic carbocycles. The average molecular weight is 356 g/mol. The van der Waals surface area contributed by atoms with Crippen LogP contribution in [-0.4, -0.2) is 20.2 Å². The highest BCUT2D eigenvalue weighted by molar-refractivity contribution is 5.89. The number of hydrogen-bond donors (Lipinski definition) is 0. The normalized spacial score (nSPS) is 10.4. The fourth-order valence-corrected chi connectivity index (χ4v) is 2.36. The van der Waals surface area contributed by atoms with E-state index in [1.54, 1.807) is 43.5 Å². The van der Waals surface area contributed by atoms with Gasteiger partial charge in [-0.3, -0.25) is 4.79 Å². The standard InChI is InChI=1S/C19H16O7/c1-11(20)24-17-15-9-8-14(23-3)10-16(15)26-19(21)18(17)25-13-6-4-12(22-2)5-7-13/h4-10H,1-3H3. The lowest BCUT2D eigenvalue weighted by molar-refractivity contribution is -0.131. The van der Waals surface area contributed by atoms with Crippen LogP contribution in [0.3, 0.4) is 0 Å². The number of benzene rings is 2. The number of carbonyl (C=O) groups excluding carboxylic acids is 1. The van der Waals surface area contributed by atoms with Crippen molar-refractivity contribution in [3.63, 3.8) is 0 Å². The van der Waals surface area contributed by atoms with Gasteiger partial charge in [-0.15, -0.1) is 0 Å². The molecule has 0 unspecified atom stereocenters. The zero-order chi connectivity index (χ0) is 18.7. The Kier molecular flexibility index (Phi) is 4.79. The van der Waals surface area contributed by atoms with Gasteiger partial charge >= 0.3 is 11.6 Å². The molecule has 0 aliphatic rings. The SMILES string of the molecule is COc1ccc(Oc2c(OC(C)=O)c3ccc(OC)cc3oc2=O)cc1. The van der Waals surface area contributed by atoms with Crippen molar-refractivity contribution < 1.29 is 28.2 Å². The number of hydrogen-bond acceptors (Lipinski definition) is 7. The minimum absolute atomic E-state index is 0.0118. The van der Waals surface area contributed by atoms with Crippen molar-refractivity contribution in [2.24, 2.45) is 0 Å². The maximum Gasteiger partial charge on any atom is 0.383 e. The van der Waals surface area contributed by atoms with Crippen molar-refractivity contribution in [1.29, 1.82) is 0 Å². The fourth-order valence-electron chi connectivity index (χ4n) is 2.36. The van der Waals surface area contributed by atoms with Gasteiger partial charge in [-0.25, -0.2) is 4.79 Å². The van der Waals surface area contributed by atoms with Gasteiger partial charge in [0.2, 0.25) is 0 Å². The molecule has 3 aromatic rings. The second-order valence-corrected chi connectivity index (χ2v) is 5.28. The van der Waals surface area contributed by atoms with Crippen LogP contribution < -0.4 is 24.6 Å². The third-order valence-electron chi connectivity index (χ3n) is 3.55. The highest BCUT2D eigenvalue weighted by Crippen LogP contribution is 2.37. The van der Waals surface area contributed by atoms with Crippen molar-refractivity contribution in [1.82, 2.24) is 0 Å². The van der Waals surface area contributed by atoms with Crippen LogP contribution in [0.1, 0.15) is 6.92 Å². The summed E-state index contributed by atoms with van der Waals surface area (Å²) in [4.78, 5) is 23.9. The van der Waals surface area contributed by atoms with E-state index in [1.165, 1.54) is 20.1 Å². The predicted octanol–water partition coefficient (Wildman–Crippen LogP) is 3.53. The van der Waals surface area contributed by atoms with E-state index in [0.717, 1.165) is 0 Å². The molecule has 0 spiro atoms. The molecule has 0 atom stereocenters. The molecule has 2 aromatic carbocycles. The van der Waals surface area contributed by atoms with E-state index in [2.05, 4.69) is 0 Å². The minimum Gasteiger partial charge on any atom is -0.497 e. The van der Waals surface area contributed by atoms with Crippen molar-refractivity contribution in [2.45, 2.75) is 6.92 Å². The van der Waals surface area contributed by atoms with Gasteiger partial charge < -0.3 is 23.4 Å². The Morgan fingerprint density at radius 2 is 1.50 bits per heavy atom. The van der Waals surface area contributed by atoms with Crippen LogP contribution in [0.25, 0.3) is 11.0 Å². The first-order chi connectivity index (χ1) is 12.5. The Morgan fingerprint density at radius 3 is 2.12 bits per heavy atom. The van der Waals surface area contributed by atoms with Crippen molar-refractivity contribution >= 4 is 16.9 Å². The maximum atomic E-state index is 12.4. The van der Waals surface area contributed by atoms with Crippen LogP contribution in [0.4, 0.5) is 0 Å². The summed E-state index contributed by atoms with van der Waals surface area (Å²) in [6, 6.07) is 11.4. The molecule has 0 fully saturated rings. The molecule has 0 saturated carbocycles. The first-order valence-corrected chi connectivity index (χ1v) is 7.67. The molecular weight excluding hydrogens is 340 g/mol. The molecule has 0 radical (unpaired) electrons. The molecule has 0 saturated heterocycles. The van der Waals surface area contributed by atoms with E-state index in [9.17, 15) is 9.59 Å². The summed E-state index contributed by atoms with van der Waals surface area (Å²) >= 11 is 0. The summed E-state index contributed by atoms with van der Waals surface area (Å²) in [6.45, 7) is 1.24. The van der Waals surface area contributed by atoms with Crippen LogP contribution in [0.2, 0.25) is 0 Å². The van der Waals surface area contributed by atoms with E-state index < -0.39 is 11.6 Å². The van der Waals surface area contributed by atoms with E-state index >= 15 is 0 Å². The third kappa shape index (κ3) is 3.46. The van der Waals surface area contributed by atoms with Crippen LogP contribution in [0, 0.1) is 0 Å². The summed E-state index contributed by atoms with van der Waals surface area (Å²) in [5.74, 6) is 0.672. The molecule has 0 amide bonds. The fraction of sp³-hybridized carbons (Fsp3) is 0.158. The Morgan fingerprint density at radius 1 is 0.885 bits per heavy atom. The molecule has 1 aromatic heterocycles. The van der Waals surface area contributed by atoms with Gasteiger partial charge in [0.05, 0.1) is 19.6 Å². The van der Waals surface area contributed by atoms with E-state index in [1.807, 2.05) is 0 Å². The predicted molar refractivity (Wildman–Crippen MR) is 93.4 cm³/mol. The van der Waals surface area contributed by atoms with Crippen LogP contribution >= 0.6 is 0 Å². The van der Waals surface area contributed by atoms with E-state index in [-0.39, 0.29) is 17.1 Å². The summed E-state index contributed by atoms with van der Waals surface area (Å²) in [7, 11) is 3.04. The molecular formula is C19H16O7. The molecule has 7 nitrogen and oxygen atoms in total. The Hall–Kier alpha value is -3.48. The average Bonchev–Trinajstić information content (AvgIpc) is 2.64. The molecule has 0 aliphatic heterocycles. The van der Waals surface area contributed by atoms with Crippen LogP contribution in [0.15, 0.2) is 51.7 Å². The van der Waals surface area contributed by atoms with Crippen molar-refractivity contribution in [3.05, 3.63) is 52.9 Å². The van der Waals surface area contributed by atoms with Gasteiger partial charge in [0.15, 0.2) is 5.75 Å². The second-order valence-electron chi connectivity index (χ2n) is 5.28. The number of carbonyl (C=O) groups is 1. The Labute approximate surface area is 148 Å². The molecule has 26 heavy (non-hydrogen) atoms. The van der Waals surface area contributed by atoms with Gasteiger partial charge in [-0.2, -0.15) is 0 Å². The van der Waals surface area contributed by atoms with Gasteiger partial charge in [-0.1, -0.05) is 0 Å². The van der Waals surface area contributed by atoms with Gasteiger partial charge in [0, 0.05) is 13.0 Å². The highest BCUT2D eigenvalue weighted by Gasteiger charge is 2.20. The van der Waals surface area contributed by atoms with Crippen LogP contribution in [0.5, 0.6) is 28.7 Å². The molecule has 3 rings (SSSR count). The van der Waals surface area contributed by atoms with E-state index in [4.69, 9.17) is 23.4 Å². The number of fused-ring (bicyclic) bond motifs is 1. The number of esters is 1. The quantitative estimate of drug-likeness (QED) is 0.511. The lowest BCUT2D eigenvalue weighted by Gasteiger charge is -2.12. The number of ether oxygens (including phenoxy) is 4. The molecule has 1 heterocycles. The smallest absolute Gasteiger partial charge is 0.383 e. The maximum absolute atomic E-state index is 12.4. The molecule has 7 heteroatoms.